The number of hydrogen-bond acceptors (Lipinski definition) is 9. The highest BCUT2D eigenvalue weighted by Crippen LogP contribution is 2.36. The molecule has 2 unspecified atom stereocenters. The van der Waals surface area contributed by atoms with Gasteiger partial charge in [0.25, 0.3) is 0 Å². The van der Waals surface area contributed by atoms with Crippen LogP contribution in [0.5, 0.6) is 5.75 Å². The number of piperidine rings is 1. The van der Waals surface area contributed by atoms with Gasteiger partial charge >= 0.3 is 0 Å². The third kappa shape index (κ3) is 5.53. The average Bonchev–Trinajstić information content (AvgIpc) is 3.00. The smallest absolute Gasteiger partial charge is 0.169 e. The van der Waals surface area contributed by atoms with Gasteiger partial charge in [0.15, 0.2) is 5.82 Å². The number of hydrogen-bond donors (Lipinski definition) is 3. The molecule has 9 nitrogen and oxygen atoms in total. The monoisotopic (exact) mass is 482 g/mol. The summed E-state index contributed by atoms with van der Waals surface area (Å²) in [5, 5.41) is 22.3. The van der Waals surface area contributed by atoms with Gasteiger partial charge < -0.3 is 30.5 Å². The van der Waals surface area contributed by atoms with Crippen molar-refractivity contribution in [2.24, 2.45) is 5.41 Å². The first kappa shape index (κ1) is 24.2. The van der Waals surface area contributed by atoms with E-state index in [0.29, 0.717) is 23.7 Å². The molecule has 0 saturated carbocycles. The molecular formula is C26H38N6O3. The molecule has 0 bridgehead atoms. The summed E-state index contributed by atoms with van der Waals surface area (Å²) >= 11 is 0. The van der Waals surface area contributed by atoms with Gasteiger partial charge in [0.2, 0.25) is 0 Å². The topological polar surface area (TPSA) is 109 Å². The quantitative estimate of drug-likeness (QED) is 0.604. The Hall–Kier alpha value is -2.46. The molecule has 3 aliphatic rings. The van der Waals surface area contributed by atoms with Crippen LogP contribution in [0.4, 0.5) is 11.5 Å². The second kappa shape index (κ2) is 9.89. The zero-order chi connectivity index (χ0) is 24.5. The van der Waals surface area contributed by atoms with E-state index < -0.39 is 0 Å². The normalized spacial score (nSPS) is 27.6. The number of nitrogens with one attached hydrogen (secondary N) is 1. The van der Waals surface area contributed by atoms with Crippen LogP contribution in [0.2, 0.25) is 0 Å². The number of phenolic OH excluding ortho intramolecular Hbond substituents is 1. The number of anilines is 2. The van der Waals surface area contributed by atoms with Crippen LogP contribution in [-0.2, 0) is 9.47 Å². The molecule has 3 saturated heterocycles. The highest BCUT2D eigenvalue weighted by atomic mass is 16.5. The van der Waals surface area contributed by atoms with Crippen molar-refractivity contribution < 1.29 is 14.6 Å². The van der Waals surface area contributed by atoms with E-state index in [1.54, 1.807) is 12.1 Å². The van der Waals surface area contributed by atoms with Gasteiger partial charge in [-0.2, -0.15) is 0 Å². The molecule has 0 radical (unpaired) electrons. The first-order valence-electron chi connectivity index (χ1n) is 12.7. The van der Waals surface area contributed by atoms with Crippen molar-refractivity contribution >= 4 is 11.5 Å². The maximum absolute atomic E-state index is 10.3. The second-order valence-corrected chi connectivity index (χ2v) is 11.0. The van der Waals surface area contributed by atoms with Gasteiger partial charge in [-0.15, -0.1) is 10.2 Å². The second-order valence-electron chi connectivity index (χ2n) is 11.0. The Morgan fingerprint density at radius 1 is 1.20 bits per heavy atom. The van der Waals surface area contributed by atoms with Gasteiger partial charge in [-0.25, -0.2) is 0 Å². The fourth-order valence-electron chi connectivity index (χ4n) is 5.53. The number of phenols is 1. The van der Waals surface area contributed by atoms with E-state index in [9.17, 15) is 5.11 Å². The van der Waals surface area contributed by atoms with Gasteiger partial charge in [0, 0.05) is 56.8 Å². The number of benzene rings is 1. The fraction of sp³-hybridized carbons (Fsp3) is 0.615. The van der Waals surface area contributed by atoms with Crippen molar-refractivity contribution in [2.45, 2.75) is 38.4 Å². The first-order valence-corrected chi connectivity index (χ1v) is 12.7. The van der Waals surface area contributed by atoms with E-state index in [2.05, 4.69) is 39.2 Å². The Kier molecular flexibility index (Phi) is 6.85. The number of para-hydroxylation sites is 1. The Labute approximate surface area is 207 Å². The van der Waals surface area contributed by atoms with E-state index in [1.165, 1.54) is 0 Å². The molecule has 9 heteroatoms. The highest BCUT2D eigenvalue weighted by Gasteiger charge is 2.42. The van der Waals surface area contributed by atoms with E-state index in [0.717, 1.165) is 70.9 Å². The molecule has 3 fully saturated rings. The first-order chi connectivity index (χ1) is 16.8. The minimum atomic E-state index is -0.251. The van der Waals surface area contributed by atoms with Crippen LogP contribution in [0.3, 0.4) is 0 Å². The third-order valence-electron chi connectivity index (χ3n) is 7.34. The van der Waals surface area contributed by atoms with Gasteiger partial charge in [-0.05, 0) is 31.0 Å². The van der Waals surface area contributed by atoms with Gasteiger partial charge in [-0.1, -0.05) is 26.0 Å². The number of morpholine rings is 1. The maximum Gasteiger partial charge on any atom is 0.169 e. The summed E-state index contributed by atoms with van der Waals surface area (Å²) in [5.41, 5.74) is 8.30. The predicted octanol–water partition coefficient (Wildman–Crippen LogP) is 2.12. The minimum absolute atomic E-state index is 0.165. The Morgan fingerprint density at radius 2 is 2.06 bits per heavy atom. The predicted molar refractivity (Wildman–Crippen MR) is 137 cm³/mol. The van der Waals surface area contributed by atoms with Gasteiger partial charge in [0.05, 0.1) is 36.3 Å². The van der Waals surface area contributed by atoms with Crippen molar-refractivity contribution in [1.29, 1.82) is 0 Å². The number of nitrogens with two attached hydrogens (primary N) is 1. The molecule has 1 aromatic heterocycles. The van der Waals surface area contributed by atoms with E-state index in [-0.39, 0.29) is 22.9 Å². The summed E-state index contributed by atoms with van der Waals surface area (Å²) in [4.78, 5) is 4.77. The molecule has 5 rings (SSSR count). The summed E-state index contributed by atoms with van der Waals surface area (Å²) in [7, 11) is 0. The molecule has 4 heterocycles. The number of nitrogen functional groups attached to an aromatic ring is 1. The zero-order valence-electron chi connectivity index (χ0n) is 20.9. The number of aromatic nitrogens is 2. The van der Waals surface area contributed by atoms with Crippen LogP contribution in [0, 0.1) is 5.41 Å². The summed E-state index contributed by atoms with van der Waals surface area (Å²) in [6, 6.07) is 9.10. The van der Waals surface area contributed by atoms with Crippen LogP contribution in [-0.4, -0.2) is 90.9 Å². The largest absolute Gasteiger partial charge is 0.507 e. The number of nitrogens with zero attached hydrogens (tertiary/aromatic N) is 4. The van der Waals surface area contributed by atoms with Crippen molar-refractivity contribution in [3.8, 4) is 17.0 Å². The summed E-state index contributed by atoms with van der Waals surface area (Å²) in [6.07, 6.45) is 2.21. The van der Waals surface area contributed by atoms with Gasteiger partial charge in [-0.3, -0.25) is 4.90 Å². The molecule has 2 aromatic rings. The SMILES string of the molecule is CC1(C)CNCC(CN2CCOC3(CCCN(c4cc(-c5ccccc5O)nnc4N)C3)C2)OC1. The van der Waals surface area contributed by atoms with Crippen LogP contribution in [0.25, 0.3) is 11.3 Å². The van der Waals surface area contributed by atoms with Crippen LogP contribution >= 0.6 is 0 Å². The lowest BCUT2D eigenvalue weighted by atomic mass is 9.90. The Balaban J connectivity index is 1.29. The van der Waals surface area contributed by atoms with Crippen LogP contribution < -0.4 is 16.0 Å². The standard InChI is InChI=1S/C26H38N6O3/c1-25(2)15-28-13-19(34-18-25)14-31-10-11-35-26(16-31)8-5-9-32(17-26)22-12-21(29-30-24(22)27)20-6-3-4-7-23(20)33/h3-4,6-7,12,19,28,33H,5,8-11,13-18H2,1-2H3,(H2,27,30). The molecule has 4 N–H and O–H groups in total. The lowest BCUT2D eigenvalue weighted by molar-refractivity contribution is -0.122. The molecule has 35 heavy (non-hydrogen) atoms. The van der Waals surface area contributed by atoms with Crippen molar-refractivity contribution in [2.75, 3.05) is 69.7 Å². The van der Waals surface area contributed by atoms with Crippen molar-refractivity contribution in [3.05, 3.63) is 30.3 Å². The Morgan fingerprint density at radius 3 is 2.91 bits per heavy atom. The van der Waals surface area contributed by atoms with Crippen molar-refractivity contribution in [3.63, 3.8) is 0 Å². The third-order valence-corrected chi connectivity index (χ3v) is 7.34. The van der Waals surface area contributed by atoms with Gasteiger partial charge in [0.1, 0.15) is 5.75 Å². The maximum atomic E-state index is 10.3. The Bertz CT molecular complexity index is 1030. The lowest BCUT2D eigenvalue weighted by Crippen LogP contribution is -2.61. The molecular weight excluding hydrogens is 444 g/mol. The summed E-state index contributed by atoms with van der Waals surface area (Å²) in [5.74, 6) is 0.576. The molecule has 3 aliphatic heterocycles. The molecule has 1 aromatic carbocycles. The molecule has 2 atom stereocenters. The van der Waals surface area contributed by atoms with Crippen LogP contribution in [0.15, 0.2) is 30.3 Å². The summed E-state index contributed by atoms with van der Waals surface area (Å²) < 4.78 is 12.7. The summed E-state index contributed by atoms with van der Waals surface area (Å²) in [6.45, 7) is 12.2. The van der Waals surface area contributed by atoms with E-state index in [4.69, 9.17) is 15.2 Å². The zero-order valence-corrected chi connectivity index (χ0v) is 20.9. The number of aromatic hydroxyl groups is 1. The lowest BCUT2D eigenvalue weighted by Gasteiger charge is -2.49. The fourth-order valence-corrected chi connectivity index (χ4v) is 5.53. The van der Waals surface area contributed by atoms with Crippen molar-refractivity contribution in [1.82, 2.24) is 20.4 Å². The highest BCUT2D eigenvalue weighted by molar-refractivity contribution is 5.74. The molecule has 190 valence electrons. The number of ether oxygens (including phenoxy) is 2. The van der Waals surface area contributed by atoms with E-state index >= 15 is 0 Å². The molecule has 0 aliphatic carbocycles. The average molecular weight is 483 g/mol. The van der Waals surface area contributed by atoms with E-state index in [1.807, 2.05) is 18.2 Å². The molecule has 1 spiro atoms. The number of rotatable bonds is 4. The van der Waals surface area contributed by atoms with Crippen LogP contribution in [0.1, 0.15) is 26.7 Å². The minimum Gasteiger partial charge on any atom is -0.507 e. The molecule has 0 amide bonds.